The van der Waals surface area contributed by atoms with E-state index >= 15 is 0 Å². The van der Waals surface area contributed by atoms with Crippen molar-refractivity contribution in [1.82, 2.24) is 15.3 Å². The van der Waals surface area contributed by atoms with Gasteiger partial charge in [-0.1, -0.05) is 17.7 Å². The molecule has 2 aromatic carbocycles. The molecule has 0 spiro atoms. The maximum Gasteiger partial charge on any atom is 0.337 e. The minimum Gasteiger partial charge on any atom is -0.491 e. The van der Waals surface area contributed by atoms with Crippen LogP contribution in [0.25, 0.3) is 21.7 Å². The predicted octanol–water partition coefficient (Wildman–Crippen LogP) is 5.16. The van der Waals surface area contributed by atoms with Crippen LogP contribution in [0.3, 0.4) is 0 Å². The summed E-state index contributed by atoms with van der Waals surface area (Å²) in [7, 11) is 1.37. The van der Waals surface area contributed by atoms with Gasteiger partial charge in [-0.05, 0) is 55.8 Å². The lowest BCUT2D eigenvalue weighted by Crippen LogP contribution is -2.23. The number of aromatic nitrogens is 2. The highest BCUT2D eigenvalue weighted by molar-refractivity contribution is 6.30. The van der Waals surface area contributed by atoms with E-state index in [1.165, 1.54) is 7.11 Å². The third-order valence-electron chi connectivity index (χ3n) is 6.42. The van der Waals surface area contributed by atoms with Crippen LogP contribution in [-0.4, -0.2) is 56.0 Å². The lowest BCUT2D eigenvalue weighted by Gasteiger charge is -2.13. The Hall–Kier alpha value is -3.46. The van der Waals surface area contributed by atoms with E-state index in [1.54, 1.807) is 18.3 Å². The third-order valence-corrected chi connectivity index (χ3v) is 6.65. The van der Waals surface area contributed by atoms with Gasteiger partial charge in [-0.25, -0.2) is 9.78 Å². The topological polar surface area (TPSA) is 94.6 Å². The van der Waals surface area contributed by atoms with Crippen LogP contribution in [0.5, 0.6) is 5.75 Å². The van der Waals surface area contributed by atoms with E-state index in [4.69, 9.17) is 30.8 Å². The number of anilines is 1. The Bertz CT molecular complexity index is 1410. The Morgan fingerprint density at radius 2 is 2.00 bits per heavy atom. The standard InChI is InChI=1S/C28H29ClN4O4/c1-35-28(34)18-4-6-20-23-16-30-10-8-21(23)27(33-24(20)14-18)32-11-13-36-12-3-2-9-31-25-17-37-26-7-5-19(29)15-22(25)26/h4-8,10,14-16,25,31H,2-3,9,11-13,17H2,1H3,(H,32,33). The minimum atomic E-state index is -0.390. The molecule has 0 aliphatic carbocycles. The van der Waals surface area contributed by atoms with Crippen molar-refractivity contribution in [2.45, 2.75) is 18.9 Å². The first-order valence-electron chi connectivity index (χ1n) is 12.4. The van der Waals surface area contributed by atoms with Crippen molar-refractivity contribution >= 4 is 45.1 Å². The van der Waals surface area contributed by atoms with Crippen LogP contribution >= 0.6 is 11.6 Å². The van der Waals surface area contributed by atoms with Gasteiger partial charge in [0.25, 0.3) is 0 Å². The van der Waals surface area contributed by atoms with Crippen molar-refractivity contribution in [3.63, 3.8) is 0 Å². The van der Waals surface area contributed by atoms with Gasteiger partial charge in [0.2, 0.25) is 0 Å². The molecule has 8 nitrogen and oxygen atoms in total. The summed E-state index contributed by atoms with van der Waals surface area (Å²) in [5.74, 6) is 1.25. The second-order valence-corrected chi connectivity index (χ2v) is 9.29. The fourth-order valence-electron chi connectivity index (χ4n) is 4.53. The number of benzene rings is 2. The van der Waals surface area contributed by atoms with Gasteiger partial charge in [0.1, 0.15) is 18.2 Å². The minimum absolute atomic E-state index is 0.182. The van der Waals surface area contributed by atoms with Crippen LogP contribution in [0.1, 0.15) is 34.8 Å². The van der Waals surface area contributed by atoms with Gasteiger partial charge in [0.15, 0.2) is 0 Å². The smallest absolute Gasteiger partial charge is 0.337 e. The van der Waals surface area contributed by atoms with Crippen molar-refractivity contribution in [2.75, 3.05) is 45.3 Å². The molecule has 2 aromatic heterocycles. The van der Waals surface area contributed by atoms with E-state index in [-0.39, 0.29) is 12.0 Å². The molecule has 37 heavy (non-hydrogen) atoms. The van der Waals surface area contributed by atoms with Crippen molar-refractivity contribution < 1.29 is 19.0 Å². The Morgan fingerprint density at radius 1 is 1.08 bits per heavy atom. The number of hydrogen-bond donors (Lipinski definition) is 2. The summed E-state index contributed by atoms with van der Waals surface area (Å²) in [6.45, 7) is 3.38. The summed E-state index contributed by atoms with van der Waals surface area (Å²) in [5.41, 5.74) is 2.29. The number of unbranched alkanes of at least 4 members (excludes halogenated alkanes) is 1. The SMILES string of the molecule is COC(=O)c1ccc2c(c1)nc(NCCOCCCCNC1COc3ccc(Cl)cc31)c1ccncc12. The van der Waals surface area contributed by atoms with Crippen molar-refractivity contribution in [1.29, 1.82) is 0 Å². The lowest BCUT2D eigenvalue weighted by molar-refractivity contribution is 0.0601. The second kappa shape index (κ2) is 11.7. The van der Waals surface area contributed by atoms with E-state index in [9.17, 15) is 4.79 Å². The number of fused-ring (bicyclic) bond motifs is 4. The number of pyridine rings is 2. The molecule has 3 heterocycles. The molecule has 1 aliphatic rings. The number of carbonyl (C=O) groups is 1. The van der Waals surface area contributed by atoms with Crippen LogP contribution in [0.2, 0.25) is 5.02 Å². The van der Waals surface area contributed by atoms with Gasteiger partial charge in [-0.3, -0.25) is 4.98 Å². The van der Waals surface area contributed by atoms with Crippen molar-refractivity contribution in [3.8, 4) is 5.75 Å². The lowest BCUT2D eigenvalue weighted by atomic mass is 10.1. The Labute approximate surface area is 220 Å². The third kappa shape index (κ3) is 5.77. The number of nitrogens with zero attached hydrogens (tertiary/aromatic N) is 2. The summed E-state index contributed by atoms with van der Waals surface area (Å²) in [6, 6.07) is 13.2. The first kappa shape index (κ1) is 25.2. The second-order valence-electron chi connectivity index (χ2n) is 8.85. The highest BCUT2D eigenvalue weighted by Gasteiger charge is 2.23. The molecule has 0 fully saturated rings. The Kier molecular flexibility index (Phi) is 7.99. The molecule has 192 valence electrons. The fourth-order valence-corrected chi connectivity index (χ4v) is 4.71. The molecule has 0 amide bonds. The van der Waals surface area contributed by atoms with Gasteiger partial charge < -0.3 is 24.8 Å². The zero-order chi connectivity index (χ0) is 25.6. The average Bonchev–Trinajstić information content (AvgIpc) is 3.33. The molecule has 0 bridgehead atoms. The van der Waals surface area contributed by atoms with Crippen LogP contribution in [-0.2, 0) is 9.47 Å². The largest absolute Gasteiger partial charge is 0.491 e. The molecule has 5 rings (SSSR count). The molecule has 1 aliphatic heterocycles. The predicted molar refractivity (Wildman–Crippen MR) is 145 cm³/mol. The molecule has 1 atom stereocenters. The van der Waals surface area contributed by atoms with Crippen LogP contribution < -0.4 is 15.4 Å². The molecule has 0 saturated heterocycles. The zero-order valence-electron chi connectivity index (χ0n) is 20.6. The number of rotatable bonds is 11. The number of methoxy groups -OCH3 is 1. The first-order chi connectivity index (χ1) is 18.1. The highest BCUT2D eigenvalue weighted by Crippen LogP contribution is 2.34. The van der Waals surface area contributed by atoms with E-state index in [2.05, 4.69) is 15.6 Å². The quantitative estimate of drug-likeness (QED) is 0.159. The van der Waals surface area contributed by atoms with Gasteiger partial charge >= 0.3 is 5.97 Å². The van der Waals surface area contributed by atoms with Gasteiger partial charge in [-0.2, -0.15) is 0 Å². The molecular formula is C28H29ClN4O4. The average molecular weight is 521 g/mol. The molecule has 1 unspecified atom stereocenters. The summed E-state index contributed by atoms with van der Waals surface area (Å²) in [6.07, 6.45) is 5.53. The number of ether oxygens (including phenoxy) is 3. The Morgan fingerprint density at radius 3 is 2.89 bits per heavy atom. The summed E-state index contributed by atoms with van der Waals surface area (Å²) in [5, 5.41) is 10.5. The number of nitrogens with one attached hydrogen (secondary N) is 2. The molecule has 2 N–H and O–H groups in total. The normalized spacial score (nSPS) is 14.5. The maximum atomic E-state index is 12.0. The summed E-state index contributed by atoms with van der Waals surface area (Å²) in [4.78, 5) is 21.0. The van der Waals surface area contributed by atoms with Crippen molar-refractivity contribution in [3.05, 3.63) is 71.0 Å². The van der Waals surface area contributed by atoms with E-state index in [0.717, 1.165) is 57.7 Å². The monoisotopic (exact) mass is 520 g/mol. The number of carbonyl (C=O) groups excluding carboxylic acids is 1. The summed E-state index contributed by atoms with van der Waals surface area (Å²) >= 11 is 6.12. The summed E-state index contributed by atoms with van der Waals surface area (Å²) < 4.78 is 16.4. The van der Waals surface area contributed by atoms with Crippen LogP contribution in [0.4, 0.5) is 5.82 Å². The molecule has 9 heteroatoms. The zero-order valence-corrected chi connectivity index (χ0v) is 21.4. The number of esters is 1. The van der Waals surface area contributed by atoms with Crippen LogP contribution in [0, 0.1) is 0 Å². The van der Waals surface area contributed by atoms with Gasteiger partial charge in [-0.15, -0.1) is 0 Å². The molecule has 4 aromatic rings. The molecular weight excluding hydrogens is 492 g/mol. The molecule has 0 radical (unpaired) electrons. The van der Waals surface area contributed by atoms with E-state index < -0.39 is 0 Å². The highest BCUT2D eigenvalue weighted by atomic mass is 35.5. The maximum absolute atomic E-state index is 12.0. The fraction of sp³-hybridized carbons (Fsp3) is 0.321. The van der Waals surface area contributed by atoms with Crippen molar-refractivity contribution in [2.24, 2.45) is 0 Å². The van der Waals surface area contributed by atoms with Gasteiger partial charge in [0.05, 0.1) is 30.8 Å². The Balaban J connectivity index is 1.08. The van der Waals surface area contributed by atoms with E-state index in [0.29, 0.717) is 37.4 Å². The molecule has 0 saturated carbocycles. The van der Waals surface area contributed by atoms with E-state index in [1.807, 2.05) is 36.5 Å². The number of halogens is 1. The first-order valence-corrected chi connectivity index (χ1v) is 12.7. The van der Waals surface area contributed by atoms with Crippen LogP contribution in [0.15, 0.2) is 54.9 Å². The number of hydrogen-bond acceptors (Lipinski definition) is 8. The van der Waals surface area contributed by atoms with Gasteiger partial charge in [0, 0.05) is 52.3 Å².